The van der Waals surface area contributed by atoms with Gasteiger partial charge in [-0.2, -0.15) is 0 Å². The van der Waals surface area contributed by atoms with E-state index in [-0.39, 0.29) is 5.16 Å². The van der Waals surface area contributed by atoms with E-state index in [0.29, 0.717) is 0 Å². The third-order valence-electron chi connectivity index (χ3n) is 2.90. The molecule has 0 saturated heterocycles. The van der Waals surface area contributed by atoms with Crippen molar-refractivity contribution in [1.82, 2.24) is 0 Å². The molecule has 16 heavy (non-hydrogen) atoms. The standard InChI is InChI=1S/C14H16P2/c15-11-14(16,12-7-3-1-4-8-12)13-9-5-2-6-10-13/h1-10H,11,15-16H2. The number of hydrogen-bond acceptors (Lipinski definition) is 0. The van der Waals surface area contributed by atoms with E-state index in [2.05, 4.69) is 79.1 Å². The van der Waals surface area contributed by atoms with Crippen LogP contribution < -0.4 is 0 Å². The van der Waals surface area contributed by atoms with Gasteiger partial charge in [0.25, 0.3) is 0 Å². The first-order chi connectivity index (χ1) is 7.77. The van der Waals surface area contributed by atoms with Crippen molar-refractivity contribution in [2.45, 2.75) is 5.16 Å². The molecule has 0 fully saturated rings. The molecule has 2 aromatic carbocycles. The van der Waals surface area contributed by atoms with E-state index in [1.165, 1.54) is 11.1 Å². The summed E-state index contributed by atoms with van der Waals surface area (Å²) in [6.45, 7) is 0. The predicted octanol–water partition coefficient (Wildman–Crippen LogP) is 3.68. The van der Waals surface area contributed by atoms with Gasteiger partial charge in [-0.15, -0.1) is 18.5 Å². The van der Waals surface area contributed by atoms with Gasteiger partial charge < -0.3 is 0 Å². The van der Waals surface area contributed by atoms with Gasteiger partial charge in [0.05, 0.1) is 0 Å². The second kappa shape index (κ2) is 5.09. The van der Waals surface area contributed by atoms with Crippen molar-refractivity contribution in [2.24, 2.45) is 0 Å². The zero-order valence-electron chi connectivity index (χ0n) is 9.14. The van der Waals surface area contributed by atoms with Gasteiger partial charge in [0.15, 0.2) is 0 Å². The summed E-state index contributed by atoms with van der Waals surface area (Å²) < 4.78 is 0. The average Bonchev–Trinajstić information content (AvgIpc) is 2.40. The van der Waals surface area contributed by atoms with Gasteiger partial charge in [0, 0.05) is 5.16 Å². The van der Waals surface area contributed by atoms with E-state index >= 15 is 0 Å². The van der Waals surface area contributed by atoms with Crippen LogP contribution in [0.25, 0.3) is 0 Å². The van der Waals surface area contributed by atoms with E-state index < -0.39 is 0 Å². The van der Waals surface area contributed by atoms with E-state index in [4.69, 9.17) is 0 Å². The first kappa shape index (κ1) is 11.8. The van der Waals surface area contributed by atoms with Gasteiger partial charge >= 0.3 is 0 Å². The van der Waals surface area contributed by atoms with Crippen molar-refractivity contribution in [2.75, 3.05) is 6.16 Å². The average molecular weight is 246 g/mol. The van der Waals surface area contributed by atoms with Gasteiger partial charge in [0.1, 0.15) is 0 Å². The highest BCUT2D eigenvalue weighted by atomic mass is 31.0. The minimum atomic E-state index is 0.00713. The van der Waals surface area contributed by atoms with Crippen molar-refractivity contribution in [3.05, 3.63) is 71.8 Å². The molecule has 2 aromatic rings. The highest BCUT2D eigenvalue weighted by Gasteiger charge is 2.26. The van der Waals surface area contributed by atoms with E-state index in [0.717, 1.165) is 6.16 Å². The van der Waals surface area contributed by atoms with Crippen LogP contribution in [-0.4, -0.2) is 6.16 Å². The van der Waals surface area contributed by atoms with Crippen molar-refractivity contribution in [1.29, 1.82) is 0 Å². The molecule has 0 aliphatic heterocycles. The SMILES string of the molecule is PCC(P)(c1ccccc1)c1ccccc1. The molecule has 2 rings (SSSR count). The fraction of sp³-hybridized carbons (Fsp3) is 0.143. The summed E-state index contributed by atoms with van der Waals surface area (Å²) in [5, 5.41) is 0.00713. The van der Waals surface area contributed by atoms with Crippen LogP contribution in [0.4, 0.5) is 0 Å². The monoisotopic (exact) mass is 246 g/mol. The van der Waals surface area contributed by atoms with Crippen LogP contribution in [0, 0.1) is 0 Å². The summed E-state index contributed by atoms with van der Waals surface area (Å²) in [4.78, 5) is 0. The Morgan fingerprint density at radius 1 is 0.750 bits per heavy atom. The highest BCUT2D eigenvalue weighted by molar-refractivity contribution is 7.23. The molecule has 0 aliphatic rings. The fourth-order valence-electron chi connectivity index (χ4n) is 1.87. The van der Waals surface area contributed by atoms with Crippen molar-refractivity contribution in [3.63, 3.8) is 0 Å². The van der Waals surface area contributed by atoms with E-state index in [9.17, 15) is 0 Å². The maximum Gasteiger partial charge on any atom is 0.0378 e. The molecule has 2 heteroatoms. The number of benzene rings is 2. The minimum absolute atomic E-state index is 0.00713. The molecular formula is C14H16P2. The van der Waals surface area contributed by atoms with Gasteiger partial charge in [-0.05, 0) is 17.3 Å². The third-order valence-corrected chi connectivity index (χ3v) is 4.92. The van der Waals surface area contributed by atoms with Crippen molar-refractivity contribution in [3.8, 4) is 0 Å². The van der Waals surface area contributed by atoms with Gasteiger partial charge in [0.2, 0.25) is 0 Å². The fourth-order valence-corrected chi connectivity index (χ4v) is 2.73. The Labute approximate surface area is 102 Å². The molecule has 0 amide bonds. The van der Waals surface area contributed by atoms with Crippen molar-refractivity contribution < 1.29 is 0 Å². The smallest absolute Gasteiger partial charge is 0.0378 e. The topological polar surface area (TPSA) is 0 Å². The molecular weight excluding hydrogens is 230 g/mol. The largest absolute Gasteiger partial charge is 0.136 e. The summed E-state index contributed by atoms with van der Waals surface area (Å²) in [6, 6.07) is 21.2. The van der Waals surface area contributed by atoms with Crippen LogP contribution in [0.2, 0.25) is 0 Å². The Bertz CT molecular complexity index is 397. The maximum atomic E-state index is 3.00. The molecule has 2 atom stereocenters. The lowest BCUT2D eigenvalue weighted by Gasteiger charge is -2.29. The Morgan fingerprint density at radius 3 is 1.44 bits per heavy atom. The second-order valence-electron chi connectivity index (χ2n) is 3.91. The van der Waals surface area contributed by atoms with E-state index in [1.54, 1.807) is 0 Å². The normalized spacial score (nSPS) is 11.4. The van der Waals surface area contributed by atoms with Crippen LogP contribution >= 0.6 is 18.5 Å². The molecule has 0 aliphatic carbocycles. The lowest BCUT2D eigenvalue weighted by Crippen LogP contribution is -2.21. The second-order valence-corrected chi connectivity index (χ2v) is 5.30. The van der Waals surface area contributed by atoms with Crippen LogP contribution in [0.1, 0.15) is 11.1 Å². The lowest BCUT2D eigenvalue weighted by atomic mass is 9.92. The third kappa shape index (κ3) is 2.19. The van der Waals surface area contributed by atoms with Crippen LogP contribution in [0.15, 0.2) is 60.7 Å². The van der Waals surface area contributed by atoms with Gasteiger partial charge in [-0.3, -0.25) is 0 Å². The van der Waals surface area contributed by atoms with Crippen LogP contribution in [0.5, 0.6) is 0 Å². The molecule has 0 heterocycles. The molecule has 0 bridgehead atoms. The highest BCUT2D eigenvalue weighted by Crippen LogP contribution is 2.40. The van der Waals surface area contributed by atoms with Crippen LogP contribution in [-0.2, 0) is 5.16 Å². The zero-order chi connectivity index (χ0) is 11.4. The molecule has 0 spiro atoms. The summed E-state index contributed by atoms with van der Waals surface area (Å²) in [5.74, 6) is 0. The molecule has 0 N–H and O–H groups in total. The van der Waals surface area contributed by atoms with Crippen LogP contribution in [0.3, 0.4) is 0 Å². The summed E-state index contributed by atoms with van der Waals surface area (Å²) in [5.41, 5.74) is 2.67. The predicted molar refractivity (Wildman–Crippen MR) is 78.0 cm³/mol. The Kier molecular flexibility index (Phi) is 3.74. The molecule has 82 valence electrons. The molecule has 0 saturated carbocycles. The summed E-state index contributed by atoms with van der Waals surface area (Å²) in [6.07, 6.45) is 0.992. The Morgan fingerprint density at radius 2 is 1.12 bits per heavy atom. The molecule has 0 radical (unpaired) electrons. The minimum Gasteiger partial charge on any atom is -0.136 e. The number of rotatable bonds is 3. The first-order valence-corrected chi connectivity index (χ1v) is 6.77. The Balaban J connectivity index is 2.49. The van der Waals surface area contributed by atoms with E-state index in [1.807, 2.05) is 0 Å². The molecule has 0 nitrogen and oxygen atoms in total. The maximum absolute atomic E-state index is 3.00. The Hall–Kier alpha value is -0.700. The zero-order valence-corrected chi connectivity index (χ0v) is 11.4. The molecule has 0 aromatic heterocycles. The first-order valence-electron chi connectivity index (χ1n) is 5.37. The molecule has 2 unspecified atom stereocenters. The number of hydrogen-bond donors (Lipinski definition) is 0. The van der Waals surface area contributed by atoms with Crippen molar-refractivity contribution >= 4 is 18.5 Å². The summed E-state index contributed by atoms with van der Waals surface area (Å²) >= 11 is 0. The van der Waals surface area contributed by atoms with Gasteiger partial charge in [-0.25, -0.2) is 0 Å². The lowest BCUT2D eigenvalue weighted by molar-refractivity contribution is 0.854. The summed E-state index contributed by atoms with van der Waals surface area (Å²) in [7, 11) is 5.85. The quantitative estimate of drug-likeness (QED) is 0.725. The van der Waals surface area contributed by atoms with Gasteiger partial charge in [-0.1, -0.05) is 60.7 Å².